The molecule has 7 nitrogen and oxygen atoms in total. The lowest BCUT2D eigenvalue weighted by Gasteiger charge is -2.32. The summed E-state index contributed by atoms with van der Waals surface area (Å²) in [5.74, 6) is 0.0624. The Morgan fingerprint density at radius 3 is 2.56 bits per heavy atom. The van der Waals surface area contributed by atoms with E-state index >= 15 is 0 Å². The van der Waals surface area contributed by atoms with Gasteiger partial charge in [-0.05, 0) is 55.3 Å². The van der Waals surface area contributed by atoms with Gasteiger partial charge in [0.25, 0.3) is 5.91 Å². The third-order valence-corrected chi connectivity index (χ3v) is 6.03. The third kappa shape index (κ3) is 5.46. The number of aromatic nitrogens is 1. The van der Waals surface area contributed by atoms with Crippen LogP contribution in [0.1, 0.15) is 23.2 Å². The quantitative estimate of drug-likeness (QED) is 0.517. The number of carbonyl (C=O) groups is 2. The standard InChI is InChI=1S/C25H24ClFN4O3/c1-34-22-7-6-18(15-19(22)26)29-24(32)16-9-12-31(13-10-16)23-14-17(8-11-28-23)25(33)30-21-5-3-2-4-20(21)27/h2-8,11,14-16H,9-10,12-13H2,1H3,(H,29,32)(H,30,33). The molecule has 0 saturated carbocycles. The zero-order valence-electron chi connectivity index (χ0n) is 18.6. The number of nitrogens with zero attached hydrogens (tertiary/aromatic N) is 2. The van der Waals surface area contributed by atoms with Gasteiger partial charge in [-0.15, -0.1) is 0 Å². The highest BCUT2D eigenvalue weighted by Crippen LogP contribution is 2.29. The normalized spacial score (nSPS) is 13.9. The van der Waals surface area contributed by atoms with Crippen LogP contribution in [0.15, 0.2) is 60.8 Å². The number of piperidine rings is 1. The fourth-order valence-electron chi connectivity index (χ4n) is 3.85. The van der Waals surface area contributed by atoms with Crippen molar-refractivity contribution < 1.29 is 18.7 Å². The number of pyridine rings is 1. The van der Waals surface area contributed by atoms with Gasteiger partial charge in [-0.2, -0.15) is 0 Å². The highest BCUT2D eigenvalue weighted by Gasteiger charge is 2.26. The highest BCUT2D eigenvalue weighted by atomic mass is 35.5. The van der Waals surface area contributed by atoms with E-state index in [9.17, 15) is 14.0 Å². The molecule has 0 aliphatic carbocycles. The number of hydrogen-bond donors (Lipinski definition) is 2. The van der Waals surface area contributed by atoms with E-state index in [-0.39, 0.29) is 17.5 Å². The van der Waals surface area contributed by atoms with Crippen LogP contribution in [0, 0.1) is 11.7 Å². The van der Waals surface area contributed by atoms with Crippen molar-refractivity contribution in [2.75, 3.05) is 35.7 Å². The molecule has 0 radical (unpaired) electrons. The molecule has 4 rings (SSSR count). The highest BCUT2D eigenvalue weighted by molar-refractivity contribution is 6.32. The SMILES string of the molecule is COc1ccc(NC(=O)C2CCN(c3cc(C(=O)Nc4ccccc4F)ccn3)CC2)cc1Cl. The van der Waals surface area contributed by atoms with Gasteiger partial charge in [0.15, 0.2) is 0 Å². The Bertz CT molecular complexity index is 1200. The molecular formula is C25H24ClFN4O3. The number of ether oxygens (including phenoxy) is 1. The van der Waals surface area contributed by atoms with Crippen molar-refractivity contribution in [2.24, 2.45) is 5.92 Å². The maximum Gasteiger partial charge on any atom is 0.255 e. The number of carbonyl (C=O) groups excluding carboxylic acids is 2. The maximum absolute atomic E-state index is 13.8. The van der Waals surface area contributed by atoms with E-state index in [1.807, 2.05) is 4.90 Å². The summed E-state index contributed by atoms with van der Waals surface area (Å²) in [4.78, 5) is 31.7. The molecule has 2 heterocycles. The summed E-state index contributed by atoms with van der Waals surface area (Å²) >= 11 is 6.14. The van der Waals surface area contributed by atoms with Crippen LogP contribution in [0.25, 0.3) is 0 Å². The van der Waals surface area contributed by atoms with Crippen molar-refractivity contribution in [3.05, 3.63) is 77.2 Å². The zero-order chi connectivity index (χ0) is 24.1. The molecule has 1 aromatic heterocycles. The molecule has 3 aromatic rings. The number of anilines is 3. The van der Waals surface area contributed by atoms with Crippen molar-refractivity contribution in [3.8, 4) is 5.75 Å². The monoisotopic (exact) mass is 482 g/mol. The fourth-order valence-corrected chi connectivity index (χ4v) is 4.11. The van der Waals surface area contributed by atoms with Gasteiger partial charge < -0.3 is 20.3 Å². The first-order chi connectivity index (χ1) is 16.4. The Kier molecular flexibility index (Phi) is 7.27. The van der Waals surface area contributed by atoms with Crippen molar-refractivity contribution in [2.45, 2.75) is 12.8 Å². The first-order valence-electron chi connectivity index (χ1n) is 10.9. The van der Waals surface area contributed by atoms with Gasteiger partial charge in [0, 0.05) is 36.5 Å². The Morgan fingerprint density at radius 2 is 1.85 bits per heavy atom. The first kappa shape index (κ1) is 23.5. The van der Waals surface area contributed by atoms with Gasteiger partial charge in [0.2, 0.25) is 5.91 Å². The summed E-state index contributed by atoms with van der Waals surface area (Å²) in [5, 5.41) is 5.93. The van der Waals surface area contributed by atoms with Gasteiger partial charge in [-0.3, -0.25) is 9.59 Å². The van der Waals surface area contributed by atoms with Gasteiger partial charge in [0.1, 0.15) is 17.4 Å². The molecule has 34 heavy (non-hydrogen) atoms. The lowest BCUT2D eigenvalue weighted by molar-refractivity contribution is -0.120. The third-order valence-electron chi connectivity index (χ3n) is 5.74. The Labute approximate surface area is 201 Å². The molecule has 0 unspecified atom stereocenters. The molecule has 2 amide bonds. The molecule has 0 spiro atoms. The van der Waals surface area contributed by atoms with Crippen LogP contribution in [0.3, 0.4) is 0 Å². The van der Waals surface area contributed by atoms with Crippen molar-refractivity contribution in [1.82, 2.24) is 4.98 Å². The summed E-state index contributed by atoms with van der Waals surface area (Å²) in [6, 6.07) is 14.4. The minimum atomic E-state index is -0.498. The average molecular weight is 483 g/mol. The predicted molar refractivity (Wildman–Crippen MR) is 130 cm³/mol. The second kappa shape index (κ2) is 10.5. The number of rotatable bonds is 6. The smallest absolute Gasteiger partial charge is 0.255 e. The zero-order valence-corrected chi connectivity index (χ0v) is 19.3. The number of amides is 2. The lowest BCUT2D eigenvalue weighted by atomic mass is 9.95. The number of halogens is 2. The summed E-state index contributed by atoms with van der Waals surface area (Å²) in [6.45, 7) is 1.24. The molecule has 1 aliphatic heterocycles. The van der Waals surface area contributed by atoms with Crippen LogP contribution in [0.2, 0.25) is 5.02 Å². The Balaban J connectivity index is 1.35. The second-order valence-electron chi connectivity index (χ2n) is 7.94. The Morgan fingerprint density at radius 1 is 1.09 bits per heavy atom. The first-order valence-corrected chi connectivity index (χ1v) is 11.2. The van der Waals surface area contributed by atoms with E-state index in [2.05, 4.69) is 15.6 Å². The molecule has 0 bridgehead atoms. The maximum atomic E-state index is 13.8. The molecule has 9 heteroatoms. The molecule has 176 valence electrons. The average Bonchev–Trinajstić information content (AvgIpc) is 2.86. The van der Waals surface area contributed by atoms with Crippen LogP contribution in [-0.4, -0.2) is 37.0 Å². The largest absolute Gasteiger partial charge is 0.495 e. The van der Waals surface area contributed by atoms with Crippen LogP contribution < -0.4 is 20.3 Å². The molecule has 1 aliphatic rings. The predicted octanol–water partition coefficient (Wildman–Crippen LogP) is 4.99. The van der Waals surface area contributed by atoms with Crippen molar-refractivity contribution in [1.29, 1.82) is 0 Å². The number of hydrogen-bond acceptors (Lipinski definition) is 5. The minimum Gasteiger partial charge on any atom is -0.495 e. The van der Waals surface area contributed by atoms with E-state index in [4.69, 9.17) is 16.3 Å². The van der Waals surface area contributed by atoms with Crippen molar-refractivity contribution >= 4 is 40.6 Å². The fraction of sp³-hybridized carbons (Fsp3) is 0.240. The van der Waals surface area contributed by atoms with Crippen molar-refractivity contribution in [3.63, 3.8) is 0 Å². The number of nitrogens with one attached hydrogen (secondary N) is 2. The van der Waals surface area contributed by atoms with Crippen LogP contribution in [0.5, 0.6) is 5.75 Å². The van der Waals surface area contributed by atoms with E-state index in [0.717, 1.165) is 0 Å². The molecule has 1 saturated heterocycles. The molecular weight excluding hydrogens is 459 g/mol. The Hall–Kier alpha value is -3.65. The lowest BCUT2D eigenvalue weighted by Crippen LogP contribution is -2.38. The van der Waals surface area contributed by atoms with Gasteiger partial charge >= 0.3 is 0 Å². The topological polar surface area (TPSA) is 83.6 Å². The summed E-state index contributed by atoms with van der Waals surface area (Å²) in [7, 11) is 1.54. The summed E-state index contributed by atoms with van der Waals surface area (Å²) in [6.07, 6.45) is 2.84. The van der Waals surface area contributed by atoms with E-state index in [0.29, 0.717) is 53.8 Å². The van der Waals surface area contributed by atoms with Gasteiger partial charge in [0.05, 0.1) is 17.8 Å². The number of benzene rings is 2. The molecule has 1 fully saturated rings. The van der Waals surface area contributed by atoms with E-state index in [1.165, 1.54) is 19.2 Å². The summed E-state index contributed by atoms with van der Waals surface area (Å²) in [5.41, 5.74) is 1.12. The summed E-state index contributed by atoms with van der Waals surface area (Å²) < 4.78 is 19.0. The number of para-hydroxylation sites is 1. The molecule has 2 N–H and O–H groups in total. The molecule has 2 aromatic carbocycles. The molecule has 0 atom stereocenters. The minimum absolute atomic E-state index is 0.0631. The van der Waals surface area contributed by atoms with Gasteiger partial charge in [-0.1, -0.05) is 23.7 Å². The van der Waals surface area contributed by atoms with Crippen LogP contribution in [-0.2, 0) is 4.79 Å². The van der Waals surface area contributed by atoms with E-state index < -0.39 is 11.7 Å². The van der Waals surface area contributed by atoms with Crippen LogP contribution in [0.4, 0.5) is 21.6 Å². The number of methoxy groups -OCH3 is 1. The second-order valence-corrected chi connectivity index (χ2v) is 8.34. The van der Waals surface area contributed by atoms with Gasteiger partial charge in [-0.25, -0.2) is 9.37 Å². The van der Waals surface area contributed by atoms with Crippen LogP contribution >= 0.6 is 11.6 Å². The van der Waals surface area contributed by atoms with E-state index in [1.54, 1.807) is 48.7 Å².